The molecule has 1 saturated carbocycles. The Bertz CT molecular complexity index is 397. The number of benzene rings is 1. The van der Waals surface area contributed by atoms with Crippen LogP contribution in [0.1, 0.15) is 50.6 Å². The first-order valence-corrected chi connectivity index (χ1v) is 6.87. The monoisotopic (exact) mass is 250 g/mol. The topological polar surface area (TPSA) is 29.3 Å². The number of hydrogen-bond acceptors (Lipinski definition) is 2. The molecule has 1 aromatic rings. The Kier molecular flexibility index (Phi) is 4.23. The minimum atomic E-state index is -0.155. The first-order valence-electron chi connectivity index (χ1n) is 6.87. The molecule has 0 aliphatic heterocycles. The molecule has 0 saturated heterocycles. The number of nitrogens with two attached hydrogens (primary N) is 1. The molecule has 18 heavy (non-hydrogen) atoms. The standard InChI is InChI=1S/C15H23FN2/c1-11(17)12-8-9-15(14(16)10-12)18(2)13-6-4-3-5-7-13/h8-11,13H,3-7,17H2,1-2H3/t11-/m0/s1. The molecule has 0 radical (unpaired) electrons. The van der Waals surface area contributed by atoms with Gasteiger partial charge in [-0.2, -0.15) is 0 Å². The first kappa shape index (κ1) is 13.3. The second kappa shape index (κ2) is 5.70. The summed E-state index contributed by atoms with van der Waals surface area (Å²) in [5.74, 6) is -0.155. The van der Waals surface area contributed by atoms with Crippen molar-refractivity contribution in [3.05, 3.63) is 29.6 Å². The van der Waals surface area contributed by atoms with Crippen molar-refractivity contribution in [2.75, 3.05) is 11.9 Å². The lowest BCUT2D eigenvalue weighted by atomic mass is 9.94. The van der Waals surface area contributed by atoms with E-state index in [0.717, 1.165) is 5.56 Å². The molecule has 0 bridgehead atoms. The van der Waals surface area contributed by atoms with Gasteiger partial charge < -0.3 is 10.6 Å². The van der Waals surface area contributed by atoms with Crippen LogP contribution in [0.15, 0.2) is 18.2 Å². The number of rotatable bonds is 3. The Labute approximate surface area is 109 Å². The Morgan fingerprint density at radius 3 is 2.50 bits per heavy atom. The van der Waals surface area contributed by atoms with E-state index in [9.17, 15) is 4.39 Å². The Morgan fingerprint density at radius 2 is 1.94 bits per heavy atom. The van der Waals surface area contributed by atoms with Gasteiger partial charge in [-0.25, -0.2) is 4.39 Å². The minimum absolute atomic E-state index is 0.117. The summed E-state index contributed by atoms with van der Waals surface area (Å²) in [6.07, 6.45) is 6.18. The lowest BCUT2D eigenvalue weighted by molar-refractivity contribution is 0.424. The number of anilines is 1. The largest absolute Gasteiger partial charge is 0.369 e. The molecule has 1 aliphatic carbocycles. The van der Waals surface area contributed by atoms with Crippen LogP contribution in [0.4, 0.5) is 10.1 Å². The van der Waals surface area contributed by atoms with Crippen molar-refractivity contribution < 1.29 is 4.39 Å². The Hall–Kier alpha value is -1.09. The van der Waals surface area contributed by atoms with Gasteiger partial charge in [-0.15, -0.1) is 0 Å². The second-order valence-electron chi connectivity index (χ2n) is 5.40. The molecule has 100 valence electrons. The quantitative estimate of drug-likeness (QED) is 0.888. The van der Waals surface area contributed by atoms with Crippen LogP contribution in [0.5, 0.6) is 0 Å². The van der Waals surface area contributed by atoms with Crippen molar-refractivity contribution in [3.63, 3.8) is 0 Å². The summed E-state index contributed by atoms with van der Waals surface area (Å²) in [6.45, 7) is 1.87. The lowest BCUT2D eigenvalue weighted by Gasteiger charge is -2.33. The zero-order valence-corrected chi connectivity index (χ0v) is 11.3. The molecular weight excluding hydrogens is 227 g/mol. The van der Waals surface area contributed by atoms with Gasteiger partial charge >= 0.3 is 0 Å². The Balaban J connectivity index is 2.16. The summed E-state index contributed by atoms with van der Waals surface area (Å²) in [5, 5.41) is 0. The van der Waals surface area contributed by atoms with Crippen molar-refractivity contribution in [3.8, 4) is 0 Å². The Morgan fingerprint density at radius 1 is 1.28 bits per heavy atom. The molecule has 1 aliphatic rings. The fourth-order valence-electron chi connectivity index (χ4n) is 2.76. The van der Waals surface area contributed by atoms with E-state index in [2.05, 4.69) is 4.90 Å². The summed E-state index contributed by atoms with van der Waals surface area (Å²) in [4.78, 5) is 2.10. The molecule has 2 rings (SSSR count). The normalized spacial score (nSPS) is 18.7. The fraction of sp³-hybridized carbons (Fsp3) is 0.600. The van der Waals surface area contributed by atoms with Gasteiger partial charge in [0.25, 0.3) is 0 Å². The van der Waals surface area contributed by atoms with Gasteiger partial charge in [-0.1, -0.05) is 25.3 Å². The lowest BCUT2D eigenvalue weighted by Crippen LogP contribution is -2.33. The summed E-state index contributed by atoms with van der Waals surface area (Å²) < 4.78 is 14.1. The van der Waals surface area contributed by atoms with Crippen molar-refractivity contribution in [1.29, 1.82) is 0 Å². The van der Waals surface area contributed by atoms with Crippen molar-refractivity contribution in [2.45, 2.75) is 51.1 Å². The molecule has 0 amide bonds. The highest BCUT2D eigenvalue weighted by atomic mass is 19.1. The van der Waals surface area contributed by atoms with Crippen LogP contribution in [0, 0.1) is 5.82 Å². The van der Waals surface area contributed by atoms with Crippen molar-refractivity contribution in [2.24, 2.45) is 5.73 Å². The molecule has 2 nitrogen and oxygen atoms in total. The van der Waals surface area contributed by atoms with Crippen LogP contribution >= 0.6 is 0 Å². The number of halogens is 1. The van der Waals surface area contributed by atoms with E-state index >= 15 is 0 Å². The SMILES string of the molecule is C[C@H](N)c1ccc(N(C)C2CCCCC2)c(F)c1. The maximum absolute atomic E-state index is 14.1. The average molecular weight is 250 g/mol. The van der Waals surface area contributed by atoms with Crippen LogP contribution in [0.25, 0.3) is 0 Å². The summed E-state index contributed by atoms with van der Waals surface area (Å²) in [6, 6.07) is 5.73. The van der Waals surface area contributed by atoms with Gasteiger partial charge in [0.2, 0.25) is 0 Å². The molecule has 0 spiro atoms. The highest BCUT2D eigenvalue weighted by Gasteiger charge is 2.20. The van der Waals surface area contributed by atoms with Crippen LogP contribution in [-0.2, 0) is 0 Å². The summed E-state index contributed by atoms with van der Waals surface area (Å²) in [5.41, 5.74) is 7.33. The van der Waals surface area contributed by atoms with Crippen molar-refractivity contribution >= 4 is 5.69 Å². The predicted molar refractivity (Wildman–Crippen MR) is 74.3 cm³/mol. The zero-order valence-electron chi connectivity index (χ0n) is 11.3. The third kappa shape index (κ3) is 2.83. The van der Waals surface area contributed by atoms with E-state index in [0.29, 0.717) is 11.7 Å². The summed E-state index contributed by atoms with van der Waals surface area (Å²) in [7, 11) is 2.00. The molecule has 1 aromatic carbocycles. The van der Waals surface area contributed by atoms with Gasteiger partial charge in [0.15, 0.2) is 0 Å². The van der Waals surface area contributed by atoms with Crippen LogP contribution in [0.2, 0.25) is 0 Å². The van der Waals surface area contributed by atoms with E-state index in [4.69, 9.17) is 5.73 Å². The van der Waals surface area contributed by atoms with E-state index in [-0.39, 0.29) is 11.9 Å². The van der Waals surface area contributed by atoms with Gasteiger partial charge in [-0.3, -0.25) is 0 Å². The molecule has 0 unspecified atom stereocenters. The molecule has 0 aromatic heterocycles. The number of hydrogen-bond donors (Lipinski definition) is 1. The molecule has 0 heterocycles. The molecule has 3 heteroatoms. The molecular formula is C15H23FN2. The maximum Gasteiger partial charge on any atom is 0.146 e. The predicted octanol–water partition coefficient (Wildman–Crippen LogP) is 3.61. The molecule has 2 N–H and O–H groups in total. The van der Waals surface area contributed by atoms with Crippen LogP contribution < -0.4 is 10.6 Å². The maximum atomic E-state index is 14.1. The highest BCUT2D eigenvalue weighted by Crippen LogP contribution is 2.28. The van der Waals surface area contributed by atoms with E-state index in [1.807, 2.05) is 26.1 Å². The van der Waals surface area contributed by atoms with E-state index in [1.165, 1.54) is 32.1 Å². The third-order valence-electron chi connectivity index (χ3n) is 4.00. The molecule has 1 atom stereocenters. The van der Waals surface area contributed by atoms with Crippen LogP contribution in [-0.4, -0.2) is 13.1 Å². The summed E-state index contributed by atoms with van der Waals surface area (Å²) >= 11 is 0. The van der Waals surface area contributed by atoms with Crippen LogP contribution in [0.3, 0.4) is 0 Å². The van der Waals surface area contributed by atoms with Gasteiger partial charge in [0.05, 0.1) is 5.69 Å². The third-order valence-corrected chi connectivity index (χ3v) is 4.00. The molecule has 1 fully saturated rings. The van der Waals surface area contributed by atoms with Gasteiger partial charge in [0.1, 0.15) is 5.82 Å². The number of nitrogens with zero attached hydrogens (tertiary/aromatic N) is 1. The average Bonchev–Trinajstić information content (AvgIpc) is 2.38. The second-order valence-corrected chi connectivity index (χ2v) is 5.40. The zero-order chi connectivity index (χ0) is 13.1. The van der Waals surface area contributed by atoms with E-state index in [1.54, 1.807) is 6.07 Å². The van der Waals surface area contributed by atoms with Gasteiger partial charge in [-0.05, 0) is 37.5 Å². The van der Waals surface area contributed by atoms with E-state index < -0.39 is 0 Å². The highest BCUT2D eigenvalue weighted by molar-refractivity contribution is 5.49. The minimum Gasteiger partial charge on any atom is -0.369 e. The first-order chi connectivity index (χ1) is 8.59. The smallest absolute Gasteiger partial charge is 0.146 e. The van der Waals surface area contributed by atoms with Gasteiger partial charge in [0, 0.05) is 19.1 Å². The fourth-order valence-corrected chi connectivity index (χ4v) is 2.76. The van der Waals surface area contributed by atoms with Crippen molar-refractivity contribution in [1.82, 2.24) is 0 Å².